The lowest BCUT2D eigenvalue weighted by Crippen LogP contribution is -2.33. The maximum Gasteiger partial charge on any atom is 0.222 e. The number of carbonyl (C=O) groups is 1. The lowest BCUT2D eigenvalue weighted by molar-refractivity contribution is -0.122. The third-order valence-electron chi connectivity index (χ3n) is 4.29. The zero-order chi connectivity index (χ0) is 17.1. The molecule has 2 N–H and O–H groups in total. The highest BCUT2D eigenvalue weighted by molar-refractivity contribution is 7.15. The summed E-state index contributed by atoms with van der Waals surface area (Å²) >= 11 is 7.57. The summed E-state index contributed by atoms with van der Waals surface area (Å²) in [5, 5.41) is 8.14. The molecule has 1 aromatic heterocycles. The lowest BCUT2D eigenvalue weighted by atomic mass is 10.1. The predicted octanol–water partition coefficient (Wildman–Crippen LogP) is 4.09. The first-order valence-corrected chi connectivity index (χ1v) is 9.48. The van der Waals surface area contributed by atoms with Gasteiger partial charge in [-0.2, -0.15) is 0 Å². The van der Waals surface area contributed by atoms with Crippen molar-refractivity contribution in [3.63, 3.8) is 0 Å². The largest absolute Gasteiger partial charge is 0.349 e. The van der Waals surface area contributed by atoms with Crippen LogP contribution in [0.25, 0.3) is 10.6 Å². The molecule has 1 amide bonds. The number of thiazole rings is 1. The van der Waals surface area contributed by atoms with Gasteiger partial charge in [-0.15, -0.1) is 11.3 Å². The van der Waals surface area contributed by atoms with Crippen LogP contribution in [0.2, 0.25) is 5.02 Å². The zero-order valence-electron chi connectivity index (χ0n) is 13.9. The van der Waals surface area contributed by atoms with E-state index in [2.05, 4.69) is 15.6 Å². The summed E-state index contributed by atoms with van der Waals surface area (Å²) in [5.41, 5.74) is 2.02. The van der Waals surface area contributed by atoms with Gasteiger partial charge in [-0.05, 0) is 45.4 Å². The molecule has 2 unspecified atom stereocenters. The van der Waals surface area contributed by atoms with Crippen molar-refractivity contribution in [2.45, 2.75) is 45.2 Å². The monoisotopic (exact) mass is 363 g/mol. The number of nitrogens with one attached hydrogen (secondary N) is 2. The summed E-state index contributed by atoms with van der Waals surface area (Å²) in [6, 6.07) is 7.97. The molecule has 0 aliphatic carbocycles. The van der Waals surface area contributed by atoms with Crippen LogP contribution in [-0.4, -0.2) is 23.5 Å². The van der Waals surface area contributed by atoms with Crippen LogP contribution in [0.1, 0.15) is 42.8 Å². The molecule has 3 rings (SSSR count). The Morgan fingerprint density at radius 2 is 2.21 bits per heavy atom. The molecular formula is C18H22ClN3OS. The molecule has 2 atom stereocenters. The Morgan fingerprint density at radius 1 is 1.46 bits per heavy atom. The molecule has 0 radical (unpaired) electrons. The Morgan fingerprint density at radius 3 is 2.88 bits per heavy atom. The van der Waals surface area contributed by atoms with E-state index in [-0.39, 0.29) is 11.9 Å². The minimum atomic E-state index is -0.0301. The second kappa shape index (κ2) is 7.64. The highest BCUT2D eigenvalue weighted by Crippen LogP contribution is 2.32. The van der Waals surface area contributed by atoms with E-state index in [1.54, 1.807) is 11.3 Å². The van der Waals surface area contributed by atoms with Crippen LogP contribution in [-0.2, 0) is 4.79 Å². The third kappa shape index (κ3) is 4.15. The van der Waals surface area contributed by atoms with E-state index in [4.69, 9.17) is 11.6 Å². The zero-order valence-corrected chi connectivity index (χ0v) is 15.5. The number of carbonyl (C=O) groups excluding carboxylic acids is 1. The SMILES string of the molecule is Cc1nc(-c2ccc(Cl)cc2)sc1C(C)NC(=O)CC1CCCN1. The molecule has 0 saturated carbocycles. The number of nitrogens with zero attached hydrogens (tertiary/aromatic N) is 1. The Hall–Kier alpha value is -1.43. The summed E-state index contributed by atoms with van der Waals surface area (Å²) in [4.78, 5) is 18.0. The molecule has 4 nitrogen and oxygen atoms in total. The first-order chi connectivity index (χ1) is 11.5. The Balaban J connectivity index is 1.67. The molecule has 1 fully saturated rings. The van der Waals surface area contributed by atoms with Gasteiger partial charge in [-0.3, -0.25) is 4.79 Å². The molecule has 0 bridgehead atoms. The number of halogens is 1. The average Bonchev–Trinajstić information content (AvgIpc) is 3.17. The van der Waals surface area contributed by atoms with E-state index in [0.29, 0.717) is 17.5 Å². The summed E-state index contributed by atoms with van der Waals surface area (Å²) in [6.45, 7) is 5.03. The van der Waals surface area contributed by atoms with Gasteiger partial charge in [0.2, 0.25) is 5.91 Å². The summed E-state index contributed by atoms with van der Waals surface area (Å²) < 4.78 is 0. The highest BCUT2D eigenvalue weighted by Gasteiger charge is 2.21. The molecule has 2 aromatic rings. The van der Waals surface area contributed by atoms with E-state index >= 15 is 0 Å². The van der Waals surface area contributed by atoms with Gasteiger partial charge in [0, 0.05) is 23.0 Å². The van der Waals surface area contributed by atoms with Crippen molar-refractivity contribution in [1.82, 2.24) is 15.6 Å². The van der Waals surface area contributed by atoms with E-state index in [1.165, 1.54) is 0 Å². The molecule has 1 aliphatic heterocycles. The quantitative estimate of drug-likeness (QED) is 0.841. The number of hydrogen-bond acceptors (Lipinski definition) is 4. The fourth-order valence-corrected chi connectivity index (χ4v) is 4.25. The fraction of sp³-hybridized carbons (Fsp3) is 0.444. The first kappa shape index (κ1) is 17.4. The van der Waals surface area contributed by atoms with Gasteiger partial charge in [0.1, 0.15) is 5.01 Å². The predicted molar refractivity (Wildman–Crippen MR) is 99.5 cm³/mol. The van der Waals surface area contributed by atoms with Gasteiger partial charge < -0.3 is 10.6 Å². The number of rotatable bonds is 5. The summed E-state index contributed by atoms with van der Waals surface area (Å²) in [7, 11) is 0. The van der Waals surface area contributed by atoms with E-state index in [1.807, 2.05) is 38.1 Å². The summed E-state index contributed by atoms with van der Waals surface area (Å²) in [5.74, 6) is 0.0998. The van der Waals surface area contributed by atoms with Gasteiger partial charge in [-0.1, -0.05) is 23.7 Å². The fourth-order valence-electron chi connectivity index (χ4n) is 3.05. The number of hydrogen-bond donors (Lipinski definition) is 2. The molecule has 1 saturated heterocycles. The molecular weight excluding hydrogens is 342 g/mol. The van der Waals surface area contributed by atoms with Gasteiger partial charge in [0.05, 0.1) is 16.6 Å². The minimum Gasteiger partial charge on any atom is -0.349 e. The normalized spacial score (nSPS) is 18.5. The second-order valence-corrected chi connectivity index (χ2v) is 7.73. The van der Waals surface area contributed by atoms with Crippen LogP contribution >= 0.6 is 22.9 Å². The van der Waals surface area contributed by atoms with Crippen LogP contribution in [0.15, 0.2) is 24.3 Å². The smallest absolute Gasteiger partial charge is 0.222 e. The van der Waals surface area contributed by atoms with Crippen LogP contribution in [0, 0.1) is 6.92 Å². The van der Waals surface area contributed by atoms with Crippen molar-refractivity contribution >= 4 is 28.8 Å². The topological polar surface area (TPSA) is 54.0 Å². The Kier molecular flexibility index (Phi) is 5.54. The number of amides is 1. The van der Waals surface area contributed by atoms with E-state index in [9.17, 15) is 4.79 Å². The van der Waals surface area contributed by atoms with Crippen LogP contribution in [0.3, 0.4) is 0 Å². The Bertz CT molecular complexity index is 708. The molecule has 2 heterocycles. The molecule has 1 aliphatic rings. The van der Waals surface area contributed by atoms with E-state index < -0.39 is 0 Å². The Labute approximate surface area is 151 Å². The average molecular weight is 364 g/mol. The highest BCUT2D eigenvalue weighted by atomic mass is 35.5. The maximum absolute atomic E-state index is 12.2. The molecule has 6 heteroatoms. The van der Waals surface area contributed by atoms with E-state index in [0.717, 1.165) is 40.5 Å². The molecule has 0 spiro atoms. The van der Waals surface area contributed by atoms with Crippen molar-refractivity contribution in [1.29, 1.82) is 0 Å². The van der Waals surface area contributed by atoms with Gasteiger partial charge in [0.25, 0.3) is 0 Å². The van der Waals surface area contributed by atoms with Crippen LogP contribution in [0.4, 0.5) is 0 Å². The van der Waals surface area contributed by atoms with Gasteiger partial charge >= 0.3 is 0 Å². The molecule has 24 heavy (non-hydrogen) atoms. The van der Waals surface area contributed by atoms with Crippen molar-refractivity contribution in [2.75, 3.05) is 6.54 Å². The lowest BCUT2D eigenvalue weighted by Gasteiger charge is -2.15. The van der Waals surface area contributed by atoms with Crippen molar-refractivity contribution in [3.8, 4) is 10.6 Å². The van der Waals surface area contributed by atoms with Gasteiger partial charge in [-0.25, -0.2) is 4.98 Å². The number of benzene rings is 1. The van der Waals surface area contributed by atoms with Crippen LogP contribution < -0.4 is 10.6 Å². The first-order valence-electron chi connectivity index (χ1n) is 8.29. The maximum atomic E-state index is 12.2. The van der Waals surface area contributed by atoms with Crippen molar-refractivity contribution in [3.05, 3.63) is 39.9 Å². The number of aryl methyl sites for hydroxylation is 1. The van der Waals surface area contributed by atoms with Crippen LogP contribution in [0.5, 0.6) is 0 Å². The van der Waals surface area contributed by atoms with Gasteiger partial charge in [0.15, 0.2) is 0 Å². The van der Waals surface area contributed by atoms with Crippen molar-refractivity contribution < 1.29 is 4.79 Å². The third-order valence-corrected chi connectivity index (χ3v) is 5.93. The second-order valence-electron chi connectivity index (χ2n) is 6.26. The molecule has 1 aromatic carbocycles. The van der Waals surface area contributed by atoms with Crippen molar-refractivity contribution in [2.24, 2.45) is 0 Å². The summed E-state index contributed by atoms with van der Waals surface area (Å²) in [6.07, 6.45) is 2.79. The molecule has 128 valence electrons. The number of aromatic nitrogens is 1. The standard InChI is InChI=1S/C18H22ClN3OS/c1-11(21-16(23)10-15-4-3-9-20-15)17-12(2)22-18(24-17)13-5-7-14(19)8-6-13/h5-8,11,15,20H,3-4,9-10H2,1-2H3,(H,21,23). The minimum absolute atomic E-state index is 0.0301.